The van der Waals surface area contributed by atoms with E-state index < -0.39 is 18.5 Å². The molecule has 0 aromatic carbocycles. The number of nitrogens with zero attached hydrogens (tertiary/aromatic N) is 1. The van der Waals surface area contributed by atoms with Gasteiger partial charge in [0.25, 0.3) is 0 Å². The minimum atomic E-state index is -0.748. The maximum atomic E-state index is 10.3. The number of carboxylic acids is 1. The van der Waals surface area contributed by atoms with Crippen molar-refractivity contribution in [2.45, 2.75) is 19.4 Å². The Labute approximate surface area is 83.3 Å². The summed E-state index contributed by atoms with van der Waals surface area (Å²) in [6.45, 7) is 1.30. The van der Waals surface area contributed by atoms with Crippen molar-refractivity contribution in [1.29, 1.82) is 0 Å². The zero-order valence-electron chi connectivity index (χ0n) is 8.73. The fourth-order valence-electron chi connectivity index (χ4n) is 0.761. The number of nitrogens with two attached hydrogens (primary N) is 1. The fraction of sp³-hybridized carbons (Fsp3) is 0.750. The van der Waals surface area contributed by atoms with Gasteiger partial charge < -0.3 is 15.9 Å². The summed E-state index contributed by atoms with van der Waals surface area (Å²) < 4.78 is 0. The Balaban J connectivity index is 0. The third-order valence-corrected chi connectivity index (χ3v) is 1.45. The minimum Gasteiger partial charge on any atom is -0.480 e. The van der Waals surface area contributed by atoms with E-state index in [0.29, 0.717) is 6.42 Å². The topological polar surface area (TPSA) is 104 Å². The first-order valence-corrected chi connectivity index (χ1v) is 4.15. The van der Waals surface area contributed by atoms with Crippen molar-refractivity contribution in [2.24, 2.45) is 5.73 Å². The number of aliphatic hydroxyl groups is 1. The van der Waals surface area contributed by atoms with Crippen LogP contribution in [0.2, 0.25) is 0 Å². The highest BCUT2D eigenvalue weighted by Crippen LogP contribution is 1.97. The molecule has 0 aromatic rings. The average Bonchev–Trinajstić information content (AvgIpc) is 2.05. The summed E-state index contributed by atoms with van der Waals surface area (Å²) in [5, 5.41) is 16.2. The zero-order valence-corrected chi connectivity index (χ0v) is 8.73. The Kier molecular flexibility index (Phi) is 9.27. The number of carbonyl (C=O) groups is 2. The molecule has 0 aliphatic carbocycles. The van der Waals surface area contributed by atoms with Gasteiger partial charge in [0.05, 0.1) is 0 Å². The van der Waals surface area contributed by atoms with E-state index in [-0.39, 0.29) is 6.04 Å². The van der Waals surface area contributed by atoms with E-state index in [2.05, 4.69) is 5.73 Å². The molecule has 0 saturated heterocycles. The van der Waals surface area contributed by atoms with Crippen molar-refractivity contribution >= 4 is 11.9 Å². The van der Waals surface area contributed by atoms with Crippen LogP contribution in [0.25, 0.3) is 0 Å². The summed E-state index contributed by atoms with van der Waals surface area (Å²) >= 11 is 0. The predicted octanol–water partition coefficient (Wildman–Crippen LogP) is -1.12. The number of carboxylic acid groups (broad SMARTS) is 1. The number of hydrogen-bond donors (Lipinski definition) is 3. The lowest BCUT2D eigenvalue weighted by Crippen LogP contribution is -2.34. The van der Waals surface area contributed by atoms with Crippen LogP contribution in [0, 0.1) is 0 Å². The van der Waals surface area contributed by atoms with Crippen LogP contribution in [0.15, 0.2) is 0 Å². The lowest BCUT2D eigenvalue weighted by molar-refractivity contribution is -0.142. The van der Waals surface area contributed by atoms with Crippen LogP contribution in [-0.4, -0.2) is 53.7 Å². The molecule has 0 radical (unpaired) electrons. The second kappa shape index (κ2) is 8.46. The van der Waals surface area contributed by atoms with Gasteiger partial charge in [-0.1, -0.05) is 6.92 Å². The number of aliphatic carboxylic acids is 1. The van der Waals surface area contributed by atoms with Gasteiger partial charge in [-0.05, 0) is 20.5 Å². The molecule has 1 amide bonds. The van der Waals surface area contributed by atoms with Gasteiger partial charge in [-0.2, -0.15) is 0 Å². The van der Waals surface area contributed by atoms with E-state index in [0.717, 1.165) is 0 Å². The molecule has 0 heterocycles. The van der Waals surface area contributed by atoms with E-state index in [1.54, 1.807) is 19.0 Å². The molecular weight excluding hydrogens is 188 g/mol. The molecule has 0 spiro atoms. The first-order valence-electron chi connectivity index (χ1n) is 4.15. The van der Waals surface area contributed by atoms with E-state index in [1.807, 2.05) is 6.92 Å². The molecule has 6 heteroatoms. The highest BCUT2D eigenvalue weighted by Gasteiger charge is 2.15. The van der Waals surface area contributed by atoms with E-state index in [4.69, 9.17) is 10.2 Å². The summed E-state index contributed by atoms with van der Waals surface area (Å²) in [5.74, 6) is -1.44. The van der Waals surface area contributed by atoms with E-state index in [1.165, 1.54) is 0 Å². The third-order valence-electron chi connectivity index (χ3n) is 1.45. The quantitative estimate of drug-likeness (QED) is 0.540. The monoisotopic (exact) mass is 206 g/mol. The highest BCUT2D eigenvalue weighted by molar-refractivity contribution is 5.74. The molecule has 6 nitrogen and oxygen atoms in total. The van der Waals surface area contributed by atoms with E-state index >= 15 is 0 Å². The first-order chi connectivity index (χ1) is 6.36. The number of hydrogen-bond acceptors (Lipinski definition) is 4. The molecule has 14 heavy (non-hydrogen) atoms. The van der Waals surface area contributed by atoms with Crippen LogP contribution >= 0.6 is 0 Å². The normalized spacial score (nSPS) is 11.5. The van der Waals surface area contributed by atoms with Crippen LogP contribution in [0.1, 0.15) is 13.3 Å². The molecule has 84 valence electrons. The largest absolute Gasteiger partial charge is 0.480 e. The molecule has 4 N–H and O–H groups in total. The Hall–Kier alpha value is -1.14. The van der Waals surface area contributed by atoms with Crippen molar-refractivity contribution in [1.82, 2.24) is 4.90 Å². The molecule has 0 saturated carbocycles. The van der Waals surface area contributed by atoms with Gasteiger partial charge in [0.2, 0.25) is 5.91 Å². The number of carbonyl (C=O) groups excluding carboxylic acids is 1. The average molecular weight is 206 g/mol. The number of amides is 1. The van der Waals surface area contributed by atoms with Crippen LogP contribution in [-0.2, 0) is 9.59 Å². The summed E-state index contributed by atoms with van der Waals surface area (Å²) in [7, 11) is 3.53. The summed E-state index contributed by atoms with van der Waals surface area (Å²) in [4.78, 5) is 21.4. The minimum absolute atomic E-state index is 0.329. The Morgan fingerprint density at radius 2 is 1.79 bits per heavy atom. The smallest absolute Gasteiger partial charge is 0.320 e. The second-order valence-corrected chi connectivity index (χ2v) is 2.85. The lowest BCUT2D eigenvalue weighted by atomic mass is 10.2. The van der Waals surface area contributed by atoms with Gasteiger partial charge in [-0.15, -0.1) is 0 Å². The maximum Gasteiger partial charge on any atom is 0.320 e. The Morgan fingerprint density at radius 3 is 1.79 bits per heavy atom. The third kappa shape index (κ3) is 8.95. The van der Waals surface area contributed by atoms with E-state index in [9.17, 15) is 9.59 Å². The SMILES string of the molecule is CCC(C(=O)O)N(C)C.NC(=O)CO. The van der Waals surface area contributed by atoms with Crippen LogP contribution in [0.3, 0.4) is 0 Å². The molecule has 1 atom stereocenters. The number of primary amides is 1. The van der Waals surface area contributed by atoms with Crippen LogP contribution < -0.4 is 5.73 Å². The molecule has 0 aliphatic heterocycles. The molecule has 1 unspecified atom stereocenters. The summed E-state index contributed by atoms with van der Waals surface area (Å²) in [6, 6.07) is -0.329. The molecular formula is C8H18N2O4. The summed E-state index contributed by atoms with van der Waals surface area (Å²) in [5.41, 5.74) is 4.40. The maximum absolute atomic E-state index is 10.3. The second-order valence-electron chi connectivity index (χ2n) is 2.85. The Bertz CT molecular complexity index is 182. The van der Waals surface area contributed by atoms with Crippen LogP contribution in [0.5, 0.6) is 0 Å². The zero-order chi connectivity index (χ0) is 11.7. The Morgan fingerprint density at radius 1 is 1.43 bits per heavy atom. The number of likely N-dealkylation sites (N-methyl/N-ethyl adjacent to an activating group) is 1. The molecule has 0 aliphatic rings. The highest BCUT2D eigenvalue weighted by atomic mass is 16.4. The van der Waals surface area contributed by atoms with Gasteiger partial charge in [-0.3, -0.25) is 14.5 Å². The van der Waals surface area contributed by atoms with Crippen LogP contribution in [0.4, 0.5) is 0 Å². The van der Waals surface area contributed by atoms with Gasteiger partial charge >= 0.3 is 5.97 Å². The van der Waals surface area contributed by atoms with Crippen molar-refractivity contribution in [3.63, 3.8) is 0 Å². The standard InChI is InChI=1S/C6H13NO2.C2H5NO2/c1-4-5(6(8)9)7(2)3;3-2(5)1-4/h5H,4H2,1-3H3,(H,8,9);4H,1H2,(H2,3,5). The van der Waals surface area contributed by atoms with Gasteiger partial charge in [-0.25, -0.2) is 0 Å². The lowest BCUT2D eigenvalue weighted by Gasteiger charge is -2.17. The van der Waals surface area contributed by atoms with Crippen molar-refractivity contribution in [3.05, 3.63) is 0 Å². The number of aliphatic hydroxyl groups excluding tert-OH is 1. The van der Waals surface area contributed by atoms with Crippen molar-refractivity contribution < 1.29 is 19.8 Å². The predicted molar refractivity (Wildman–Crippen MR) is 51.7 cm³/mol. The van der Waals surface area contributed by atoms with Gasteiger partial charge in [0.15, 0.2) is 0 Å². The molecule has 0 rings (SSSR count). The number of rotatable bonds is 4. The fourth-order valence-corrected chi connectivity index (χ4v) is 0.761. The molecule has 0 bridgehead atoms. The van der Waals surface area contributed by atoms with Gasteiger partial charge in [0.1, 0.15) is 12.6 Å². The van der Waals surface area contributed by atoms with Crippen molar-refractivity contribution in [2.75, 3.05) is 20.7 Å². The first kappa shape index (κ1) is 15.3. The molecule has 0 aromatic heterocycles. The summed E-state index contributed by atoms with van der Waals surface area (Å²) in [6.07, 6.45) is 0.655. The van der Waals surface area contributed by atoms with Gasteiger partial charge in [0, 0.05) is 0 Å². The van der Waals surface area contributed by atoms with Crippen molar-refractivity contribution in [3.8, 4) is 0 Å². The molecule has 0 fully saturated rings.